The summed E-state index contributed by atoms with van der Waals surface area (Å²) in [6.45, 7) is 11.8. The smallest absolute Gasteiger partial charge is 0.341 e. The lowest BCUT2D eigenvalue weighted by Gasteiger charge is -2.14. The van der Waals surface area contributed by atoms with Crippen molar-refractivity contribution in [1.29, 1.82) is 0 Å². The maximum Gasteiger partial charge on any atom is 0.341 e. The van der Waals surface area contributed by atoms with E-state index in [2.05, 4.69) is 38.1 Å². The number of carbonyl (C=O) groups is 3. The molecule has 4 rings (SSSR count). The van der Waals surface area contributed by atoms with Gasteiger partial charge in [-0.05, 0) is 87.8 Å². The molecular formula is C38H52O6. The number of benzene rings is 2. The topological polar surface area (TPSA) is 82.8 Å². The number of Topliss-reactive ketones (excluding diaryl/α,β-unsaturated/α-hetero) is 1. The first-order valence-corrected chi connectivity index (χ1v) is 15.1. The molecular weight excluding hydrogens is 552 g/mol. The molecule has 0 saturated carbocycles. The molecule has 0 saturated heterocycles. The lowest BCUT2D eigenvalue weighted by Crippen LogP contribution is -2.29. The Morgan fingerprint density at radius 1 is 0.750 bits per heavy atom. The molecule has 1 heterocycles. The molecule has 1 atom stereocenters. The Labute approximate surface area is 264 Å². The summed E-state index contributed by atoms with van der Waals surface area (Å²) < 4.78 is 15.8. The molecule has 0 fully saturated rings. The Hall–Kier alpha value is -3.93. The number of rotatable bonds is 13. The number of ether oxygens (including phenoxy) is 2. The predicted octanol–water partition coefficient (Wildman–Crippen LogP) is 9.61. The van der Waals surface area contributed by atoms with Crippen molar-refractivity contribution in [2.24, 2.45) is 5.41 Å². The fourth-order valence-electron chi connectivity index (χ4n) is 4.82. The molecule has 1 aliphatic carbocycles. The third-order valence-corrected chi connectivity index (χ3v) is 7.41. The SMILES string of the molecule is C.C.CCCCc1ccc(-c2cc(C(=O)OCC)c(C)o2)cc1.CCCCc1ccc(C2=CC2(C(C)=O)C(=O)OCC)cc1. The minimum atomic E-state index is -1.14. The van der Waals surface area contributed by atoms with Crippen LogP contribution in [0.15, 0.2) is 65.1 Å². The minimum Gasteiger partial charge on any atom is -0.465 e. The van der Waals surface area contributed by atoms with Crippen molar-refractivity contribution >= 4 is 23.3 Å². The summed E-state index contributed by atoms with van der Waals surface area (Å²) in [5.41, 5.74) is 4.66. The number of carbonyl (C=O) groups excluding carboxylic acids is 3. The van der Waals surface area contributed by atoms with Gasteiger partial charge in [-0.2, -0.15) is 0 Å². The van der Waals surface area contributed by atoms with Gasteiger partial charge in [-0.1, -0.05) is 90.1 Å². The van der Waals surface area contributed by atoms with Gasteiger partial charge in [-0.15, -0.1) is 0 Å². The molecule has 44 heavy (non-hydrogen) atoms. The average Bonchev–Trinajstić information content (AvgIpc) is 3.65. The summed E-state index contributed by atoms with van der Waals surface area (Å²) >= 11 is 0. The quantitative estimate of drug-likeness (QED) is 0.143. The Bertz CT molecular complexity index is 1380. The number of esters is 2. The summed E-state index contributed by atoms with van der Waals surface area (Å²) in [4.78, 5) is 35.7. The highest BCUT2D eigenvalue weighted by atomic mass is 16.5. The van der Waals surface area contributed by atoms with Crippen molar-refractivity contribution in [2.45, 2.75) is 94.9 Å². The van der Waals surface area contributed by atoms with E-state index in [1.54, 1.807) is 32.9 Å². The molecule has 0 N–H and O–H groups in total. The number of furan rings is 1. The molecule has 2 aromatic carbocycles. The van der Waals surface area contributed by atoms with E-state index in [1.165, 1.54) is 43.7 Å². The van der Waals surface area contributed by atoms with Crippen molar-refractivity contribution in [2.75, 3.05) is 13.2 Å². The van der Waals surface area contributed by atoms with Gasteiger partial charge in [-0.3, -0.25) is 9.59 Å². The van der Waals surface area contributed by atoms with Gasteiger partial charge in [0.25, 0.3) is 0 Å². The van der Waals surface area contributed by atoms with Crippen LogP contribution in [0.5, 0.6) is 0 Å². The fraction of sp³-hybridized carbons (Fsp3) is 0.447. The highest BCUT2D eigenvalue weighted by Gasteiger charge is 2.56. The standard InChI is InChI=1S/2C18H22O3.2CH4/c1-4-6-7-14-8-10-15(11-9-14)16-12-18(16,13(3)19)17(20)21-5-2;1-4-6-7-14-8-10-15(11-9-14)17-12-16(13(3)21-17)18(19)20-5-2;;/h2*8-12H,4-7H2,1-3H3;2*1H4. The van der Waals surface area contributed by atoms with Crippen LogP contribution in [-0.2, 0) is 31.9 Å². The van der Waals surface area contributed by atoms with Crippen molar-refractivity contribution in [1.82, 2.24) is 0 Å². The van der Waals surface area contributed by atoms with E-state index in [1.807, 2.05) is 24.3 Å². The summed E-state index contributed by atoms with van der Waals surface area (Å²) in [5.74, 6) is 0.342. The first-order chi connectivity index (χ1) is 20.2. The van der Waals surface area contributed by atoms with Gasteiger partial charge in [-0.25, -0.2) is 4.79 Å². The molecule has 6 nitrogen and oxygen atoms in total. The zero-order valence-electron chi connectivity index (χ0n) is 25.9. The molecule has 240 valence electrons. The number of aryl methyl sites for hydroxylation is 3. The molecule has 0 spiro atoms. The first-order valence-electron chi connectivity index (χ1n) is 15.1. The predicted molar refractivity (Wildman–Crippen MR) is 180 cm³/mol. The monoisotopic (exact) mass is 604 g/mol. The van der Waals surface area contributed by atoms with Gasteiger partial charge in [0.05, 0.1) is 13.2 Å². The van der Waals surface area contributed by atoms with Gasteiger partial charge in [0, 0.05) is 5.56 Å². The van der Waals surface area contributed by atoms with Crippen molar-refractivity contribution in [3.05, 3.63) is 88.7 Å². The van der Waals surface area contributed by atoms with Crippen LogP contribution in [0.2, 0.25) is 0 Å². The van der Waals surface area contributed by atoms with E-state index in [4.69, 9.17) is 13.9 Å². The highest BCUT2D eigenvalue weighted by Crippen LogP contribution is 2.52. The zero-order valence-corrected chi connectivity index (χ0v) is 25.9. The maximum absolute atomic E-state index is 12.1. The van der Waals surface area contributed by atoms with Gasteiger partial charge in [0.15, 0.2) is 11.2 Å². The molecule has 0 aliphatic heterocycles. The molecule has 1 aromatic heterocycles. The molecule has 1 unspecified atom stereocenters. The molecule has 6 heteroatoms. The van der Waals surface area contributed by atoms with Crippen LogP contribution >= 0.6 is 0 Å². The summed E-state index contributed by atoms with van der Waals surface area (Å²) in [5, 5.41) is 0. The Kier molecular flexibility index (Phi) is 15.6. The van der Waals surface area contributed by atoms with Crippen molar-refractivity contribution < 1.29 is 28.3 Å². The van der Waals surface area contributed by atoms with Crippen LogP contribution in [0, 0.1) is 12.3 Å². The normalized spacial score (nSPS) is 14.5. The number of ketones is 1. The summed E-state index contributed by atoms with van der Waals surface area (Å²) in [6.07, 6.45) is 8.61. The highest BCUT2D eigenvalue weighted by molar-refractivity contribution is 6.24. The molecule has 0 bridgehead atoms. The molecule has 1 aliphatic rings. The Morgan fingerprint density at radius 2 is 1.25 bits per heavy atom. The third kappa shape index (κ3) is 9.28. The van der Waals surface area contributed by atoms with E-state index in [9.17, 15) is 14.4 Å². The second-order valence-corrected chi connectivity index (χ2v) is 10.5. The Balaban J connectivity index is 0.000000421. The Morgan fingerprint density at radius 3 is 1.70 bits per heavy atom. The number of hydrogen-bond acceptors (Lipinski definition) is 6. The second-order valence-electron chi connectivity index (χ2n) is 10.5. The van der Waals surface area contributed by atoms with E-state index in [0.717, 1.165) is 29.5 Å². The fourth-order valence-corrected chi connectivity index (χ4v) is 4.82. The van der Waals surface area contributed by atoms with E-state index in [0.29, 0.717) is 23.7 Å². The van der Waals surface area contributed by atoms with E-state index >= 15 is 0 Å². The van der Waals surface area contributed by atoms with Crippen LogP contribution in [0.1, 0.15) is 108 Å². The maximum atomic E-state index is 12.1. The average molecular weight is 605 g/mol. The largest absolute Gasteiger partial charge is 0.465 e. The summed E-state index contributed by atoms with van der Waals surface area (Å²) in [6, 6.07) is 18.2. The first kappa shape index (κ1) is 38.1. The third-order valence-electron chi connectivity index (χ3n) is 7.41. The van der Waals surface area contributed by atoms with Gasteiger partial charge >= 0.3 is 11.9 Å². The zero-order chi connectivity index (χ0) is 30.7. The molecule has 0 radical (unpaired) electrons. The second kappa shape index (κ2) is 18.0. The van der Waals surface area contributed by atoms with Crippen molar-refractivity contribution in [3.8, 4) is 11.3 Å². The van der Waals surface area contributed by atoms with Crippen LogP contribution in [0.3, 0.4) is 0 Å². The lowest BCUT2D eigenvalue weighted by molar-refractivity contribution is -0.151. The lowest BCUT2D eigenvalue weighted by atomic mass is 9.92. The van der Waals surface area contributed by atoms with Gasteiger partial charge in [0.2, 0.25) is 0 Å². The van der Waals surface area contributed by atoms with Crippen LogP contribution in [0.25, 0.3) is 16.9 Å². The number of hydrogen-bond donors (Lipinski definition) is 0. The van der Waals surface area contributed by atoms with Crippen molar-refractivity contribution in [3.63, 3.8) is 0 Å². The van der Waals surface area contributed by atoms with E-state index < -0.39 is 11.4 Å². The van der Waals surface area contributed by atoms with E-state index in [-0.39, 0.29) is 33.2 Å². The van der Waals surface area contributed by atoms with Crippen LogP contribution < -0.4 is 0 Å². The minimum absolute atomic E-state index is 0. The number of unbranched alkanes of at least 4 members (excludes halogenated alkanes) is 2. The van der Waals surface area contributed by atoms with Gasteiger partial charge < -0.3 is 13.9 Å². The summed E-state index contributed by atoms with van der Waals surface area (Å²) in [7, 11) is 0. The molecule has 0 amide bonds. The van der Waals surface area contributed by atoms with Gasteiger partial charge in [0.1, 0.15) is 17.1 Å². The van der Waals surface area contributed by atoms with Crippen LogP contribution in [0.4, 0.5) is 0 Å². The van der Waals surface area contributed by atoms with Crippen LogP contribution in [-0.4, -0.2) is 30.9 Å². The molecule has 3 aromatic rings.